The molecule has 0 aliphatic heterocycles. The molecule has 0 spiro atoms. The SMILES string of the molecule is COc1ccc(Cl)cc1CN(C)Cn1nc(CCC(N)=O)n(CC(C)C)c1=S. The number of ether oxygens (including phenoxy) is 1. The van der Waals surface area contributed by atoms with E-state index < -0.39 is 0 Å². The molecule has 0 saturated heterocycles. The van der Waals surface area contributed by atoms with E-state index in [1.54, 1.807) is 17.9 Å². The first-order valence-electron chi connectivity index (χ1n) is 9.17. The summed E-state index contributed by atoms with van der Waals surface area (Å²) >= 11 is 11.8. The van der Waals surface area contributed by atoms with E-state index in [0.717, 1.165) is 23.7 Å². The van der Waals surface area contributed by atoms with Crippen molar-refractivity contribution >= 4 is 29.7 Å². The number of rotatable bonds is 10. The lowest BCUT2D eigenvalue weighted by molar-refractivity contribution is -0.118. The molecule has 0 radical (unpaired) electrons. The fraction of sp³-hybridized carbons (Fsp3) is 0.526. The van der Waals surface area contributed by atoms with Gasteiger partial charge in [0, 0.05) is 36.5 Å². The first kappa shape index (κ1) is 22.4. The van der Waals surface area contributed by atoms with Crippen molar-refractivity contribution in [3.63, 3.8) is 0 Å². The first-order chi connectivity index (χ1) is 13.2. The van der Waals surface area contributed by atoms with E-state index in [1.165, 1.54) is 0 Å². The van der Waals surface area contributed by atoms with E-state index in [0.29, 0.717) is 35.3 Å². The van der Waals surface area contributed by atoms with E-state index in [4.69, 9.17) is 34.3 Å². The quantitative estimate of drug-likeness (QED) is 0.591. The van der Waals surface area contributed by atoms with Gasteiger partial charge < -0.3 is 15.0 Å². The summed E-state index contributed by atoms with van der Waals surface area (Å²) in [5, 5.41) is 5.31. The Morgan fingerprint density at radius 3 is 2.75 bits per heavy atom. The third-order valence-corrected chi connectivity index (χ3v) is 4.87. The monoisotopic (exact) mass is 425 g/mol. The number of hydrogen-bond acceptors (Lipinski definition) is 5. The number of aromatic nitrogens is 3. The molecule has 1 amide bonds. The summed E-state index contributed by atoms with van der Waals surface area (Å²) < 4.78 is 9.84. The van der Waals surface area contributed by atoms with Gasteiger partial charge >= 0.3 is 0 Å². The van der Waals surface area contributed by atoms with Gasteiger partial charge in [0.2, 0.25) is 5.91 Å². The number of benzene rings is 1. The molecule has 0 aliphatic carbocycles. The molecular weight excluding hydrogens is 398 g/mol. The number of methoxy groups -OCH3 is 1. The molecule has 2 N–H and O–H groups in total. The molecule has 0 saturated carbocycles. The average Bonchev–Trinajstić information content (AvgIpc) is 2.88. The lowest BCUT2D eigenvalue weighted by Crippen LogP contribution is -2.23. The Labute approximate surface area is 176 Å². The Hall–Kier alpha value is -1.90. The number of nitrogens with zero attached hydrogens (tertiary/aromatic N) is 4. The van der Waals surface area contributed by atoms with Crippen LogP contribution in [0.3, 0.4) is 0 Å². The fourth-order valence-electron chi connectivity index (χ4n) is 2.99. The molecule has 0 aliphatic rings. The summed E-state index contributed by atoms with van der Waals surface area (Å²) in [6.45, 7) is 6.12. The Morgan fingerprint density at radius 1 is 1.43 bits per heavy atom. The Kier molecular flexibility index (Phi) is 8.03. The number of hydrogen-bond donors (Lipinski definition) is 1. The van der Waals surface area contributed by atoms with Gasteiger partial charge in [-0.05, 0) is 43.4 Å². The van der Waals surface area contributed by atoms with Gasteiger partial charge in [0.05, 0.1) is 13.8 Å². The molecule has 1 aromatic heterocycles. The smallest absolute Gasteiger partial charge is 0.217 e. The highest BCUT2D eigenvalue weighted by molar-refractivity contribution is 7.71. The van der Waals surface area contributed by atoms with Gasteiger partial charge in [0.15, 0.2) is 4.77 Å². The second kappa shape index (κ2) is 10.0. The van der Waals surface area contributed by atoms with Crippen LogP contribution in [0, 0.1) is 10.7 Å². The molecule has 154 valence electrons. The van der Waals surface area contributed by atoms with Crippen LogP contribution in [0.1, 0.15) is 31.7 Å². The molecule has 9 heteroatoms. The fourth-order valence-corrected chi connectivity index (χ4v) is 3.46. The molecule has 28 heavy (non-hydrogen) atoms. The number of halogens is 1. The van der Waals surface area contributed by atoms with Crippen LogP contribution in [0.2, 0.25) is 5.02 Å². The highest BCUT2D eigenvalue weighted by Crippen LogP contribution is 2.24. The van der Waals surface area contributed by atoms with Crippen LogP contribution in [-0.2, 0) is 31.0 Å². The number of carbonyl (C=O) groups is 1. The molecule has 2 aromatic rings. The molecule has 0 unspecified atom stereocenters. The molecule has 1 heterocycles. The summed E-state index contributed by atoms with van der Waals surface area (Å²) in [6, 6.07) is 5.56. The summed E-state index contributed by atoms with van der Waals surface area (Å²) in [4.78, 5) is 13.3. The van der Waals surface area contributed by atoms with Crippen molar-refractivity contribution in [3.05, 3.63) is 39.4 Å². The van der Waals surface area contributed by atoms with Crippen LogP contribution in [0.25, 0.3) is 0 Å². The standard InChI is InChI=1S/C19H28ClN5O2S/c1-13(2)10-24-18(8-7-17(21)26)22-25(19(24)28)12-23(3)11-14-9-15(20)5-6-16(14)27-4/h5-6,9,13H,7-8,10-12H2,1-4H3,(H2,21,26). The second-order valence-electron chi connectivity index (χ2n) is 7.28. The van der Waals surface area contributed by atoms with E-state index in [9.17, 15) is 4.79 Å². The third kappa shape index (κ3) is 6.05. The largest absolute Gasteiger partial charge is 0.496 e. The van der Waals surface area contributed by atoms with Crippen LogP contribution >= 0.6 is 23.8 Å². The van der Waals surface area contributed by atoms with E-state index in [-0.39, 0.29) is 12.3 Å². The zero-order chi connectivity index (χ0) is 20.8. The molecule has 1 aromatic carbocycles. The predicted molar refractivity (Wildman–Crippen MR) is 113 cm³/mol. The molecule has 2 rings (SSSR count). The van der Waals surface area contributed by atoms with E-state index in [2.05, 4.69) is 23.8 Å². The predicted octanol–water partition coefficient (Wildman–Crippen LogP) is 3.24. The van der Waals surface area contributed by atoms with Gasteiger partial charge in [-0.2, -0.15) is 5.10 Å². The van der Waals surface area contributed by atoms with Crippen molar-refractivity contribution in [2.75, 3.05) is 14.2 Å². The zero-order valence-electron chi connectivity index (χ0n) is 16.8. The minimum Gasteiger partial charge on any atom is -0.496 e. The minimum absolute atomic E-state index is 0.249. The lowest BCUT2D eigenvalue weighted by Gasteiger charge is -2.18. The second-order valence-corrected chi connectivity index (χ2v) is 8.08. The van der Waals surface area contributed by atoms with Crippen LogP contribution in [-0.4, -0.2) is 39.3 Å². The van der Waals surface area contributed by atoms with Crippen LogP contribution in [0.4, 0.5) is 0 Å². The van der Waals surface area contributed by atoms with Gasteiger partial charge in [-0.3, -0.25) is 9.69 Å². The van der Waals surface area contributed by atoms with Crippen molar-refractivity contribution in [1.82, 2.24) is 19.2 Å². The third-order valence-electron chi connectivity index (χ3n) is 4.20. The van der Waals surface area contributed by atoms with Crippen molar-refractivity contribution in [3.8, 4) is 5.75 Å². The van der Waals surface area contributed by atoms with Crippen LogP contribution in [0.15, 0.2) is 18.2 Å². The molecular formula is C19H28ClN5O2S. The molecule has 7 nitrogen and oxygen atoms in total. The highest BCUT2D eigenvalue weighted by Gasteiger charge is 2.15. The number of aryl methyl sites for hydroxylation is 1. The van der Waals surface area contributed by atoms with Gasteiger partial charge in [-0.25, -0.2) is 4.68 Å². The Morgan fingerprint density at radius 2 is 2.14 bits per heavy atom. The molecule has 0 bridgehead atoms. The highest BCUT2D eigenvalue weighted by atomic mass is 35.5. The summed E-state index contributed by atoms with van der Waals surface area (Å²) in [5.74, 6) is 1.63. The van der Waals surface area contributed by atoms with Crippen LogP contribution in [0.5, 0.6) is 5.75 Å². The molecule has 0 atom stereocenters. The number of primary amides is 1. The summed E-state index contributed by atoms with van der Waals surface area (Å²) in [5.41, 5.74) is 6.29. The van der Waals surface area contributed by atoms with E-state index >= 15 is 0 Å². The zero-order valence-corrected chi connectivity index (χ0v) is 18.4. The molecule has 0 fully saturated rings. The first-order valence-corrected chi connectivity index (χ1v) is 9.95. The van der Waals surface area contributed by atoms with Crippen molar-refractivity contribution in [1.29, 1.82) is 0 Å². The summed E-state index contributed by atoms with van der Waals surface area (Å²) in [7, 11) is 3.62. The average molecular weight is 426 g/mol. The number of carbonyl (C=O) groups excluding carboxylic acids is 1. The normalized spacial score (nSPS) is 11.4. The lowest BCUT2D eigenvalue weighted by atomic mass is 10.2. The maximum absolute atomic E-state index is 11.2. The van der Waals surface area contributed by atoms with Crippen molar-refractivity contribution in [2.24, 2.45) is 11.7 Å². The van der Waals surface area contributed by atoms with Gasteiger partial charge in [0.25, 0.3) is 0 Å². The maximum Gasteiger partial charge on any atom is 0.217 e. The number of nitrogens with two attached hydrogens (primary N) is 1. The Balaban J connectivity index is 2.21. The van der Waals surface area contributed by atoms with Gasteiger partial charge in [-0.15, -0.1) is 0 Å². The van der Waals surface area contributed by atoms with E-state index in [1.807, 2.05) is 23.7 Å². The van der Waals surface area contributed by atoms with Crippen molar-refractivity contribution in [2.45, 2.75) is 46.4 Å². The topological polar surface area (TPSA) is 78.3 Å². The van der Waals surface area contributed by atoms with Crippen LogP contribution < -0.4 is 10.5 Å². The van der Waals surface area contributed by atoms with Crippen molar-refractivity contribution < 1.29 is 9.53 Å². The number of amides is 1. The maximum atomic E-state index is 11.2. The van der Waals surface area contributed by atoms with Gasteiger partial charge in [-0.1, -0.05) is 25.4 Å². The Bertz CT molecular complexity index is 878. The summed E-state index contributed by atoms with van der Waals surface area (Å²) in [6.07, 6.45) is 0.726. The van der Waals surface area contributed by atoms with Gasteiger partial charge in [0.1, 0.15) is 11.6 Å². The minimum atomic E-state index is -0.346.